The summed E-state index contributed by atoms with van der Waals surface area (Å²) in [5.74, 6) is 1.71. The smallest absolute Gasteiger partial charge is 0.320 e. The molecule has 0 aromatic rings. The van der Waals surface area contributed by atoms with Gasteiger partial charge < -0.3 is 10.4 Å². The van der Waals surface area contributed by atoms with Gasteiger partial charge in [-0.05, 0) is 25.7 Å². The van der Waals surface area contributed by atoms with Crippen LogP contribution in [-0.2, 0) is 9.59 Å². The third-order valence-electron chi connectivity index (χ3n) is 3.86. The zero-order valence-corrected chi connectivity index (χ0v) is 11.6. The standard InChI is InChI=1S/C14H22N2O3/c1-4-7-15-13(17)10(3)16-8-6-11(5-2)9-12(16)14(18)19/h1,10-12H,5-9H2,2-3H3,(H,15,17)(H,18,19). The average molecular weight is 266 g/mol. The molecule has 0 bridgehead atoms. The number of likely N-dealkylation sites (tertiary alicyclic amines) is 1. The normalized spacial score (nSPS) is 25.3. The van der Waals surface area contributed by atoms with E-state index < -0.39 is 18.1 Å². The van der Waals surface area contributed by atoms with Crippen LogP contribution in [-0.4, -0.2) is 47.1 Å². The molecule has 3 unspecified atom stereocenters. The molecule has 0 saturated carbocycles. The van der Waals surface area contributed by atoms with Crippen LogP contribution in [0.2, 0.25) is 0 Å². The molecule has 0 aliphatic carbocycles. The Hall–Kier alpha value is -1.54. The monoisotopic (exact) mass is 266 g/mol. The Bertz CT molecular complexity index is 375. The number of hydrogen-bond donors (Lipinski definition) is 2. The van der Waals surface area contributed by atoms with Crippen molar-refractivity contribution in [3.63, 3.8) is 0 Å². The maximum atomic E-state index is 11.9. The van der Waals surface area contributed by atoms with Crippen molar-refractivity contribution in [3.8, 4) is 12.3 Å². The molecule has 1 rings (SSSR count). The average Bonchev–Trinajstić information content (AvgIpc) is 2.43. The Morgan fingerprint density at radius 3 is 2.79 bits per heavy atom. The third-order valence-corrected chi connectivity index (χ3v) is 3.86. The first-order chi connectivity index (χ1) is 9.01. The zero-order chi connectivity index (χ0) is 14.4. The summed E-state index contributed by atoms with van der Waals surface area (Å²) in [7, 11) is 0. The summed E-state index contributed by atoms with van der Waals surface area (Å²) in [6.45, 7) is 4.61. The highest BCUT2D eigenvalue weighted by molar-refractivity contribution is 5.83. The molecule has 3 atom stereocenters. The van der Waals surface area contributed by atoms with Gasteiger partial charge in [-0.25, -0.2) is 0 Å². The summed E-state index contributed by atoms with van der Waals surface area (Å²) >= 11 is 0. The number of hydrogen-bond acceptors (Lipinski definition) is 3. The molecule has 0 radical (unpaired) electrons. The van der Waals surface area contributed by atoms with E-state index >= 15 is 0 Å². The number of piperidine rings is 1. The molecule has 5 nitrogen and oxygen atoms in total. The number of amides is 1. The van der Waals surface area contributed by atoms with Crippen LogP contribution in [0.5, 0.6) is 0 Å². The van der Waals surface area contributed by atoms with Crippen molar-refractivity contribution in [2.24, 2.45) is 5.92 Å². The van der Waals surface area contributed by atoms with Crippen molar-refractivity contribution in [3.05, 3.63) is 0 Å². The second kappa shape index (κ2) is 7.15. The number of terminal acetylenes is 1. The van der Waals surface area contributed by atoms with Gasteiger partial charge in [0.2, 0.25) is 5.91 Å². The van der Waals surface area contributed by atoms with Gasteiger partial charge >= 0.3 is 5.97 Å². The van der Waals surface area contributed by atoms with E-state index in [1.54, 1.807) is 11.8 Å². The highest BCUT2D eigenvalue weighted by Gasteiger charge is 2.37. The Kier molecular flexibility index (Phi) is 5.84. The number of rotatable bonds is 5. The number of carboxylic acids is 1. The molecule has 0 aromatic heterocycles. The second-order valence-electron chi connectivity index (χ2n) is 4.99. The number of carboxylic acid groups (broad SMARTS) is 1. The fraction of sp³-hybridized carbons (Fsp3) is 0.714. The fourth-order valence-corrected chi connectivity index (χ4v) is 2.57. The van der Waals surface area contributed by atoms with E-state index in [-0.39, 0.29) is 12.5 Å². The summed E-state index contributed by atoms with van der Waals surface area (Å²) in [5.41, 5.74) is 0. The maximum absolute atomic E-state index is 11.9. The molecule has 1 aliphatic rings. The summed E-state index contributed by atoms with van der Waals surface area (Å²) in [6, 6.07) is -1.04. The largest absolute Gasteiger partial charge is 0.480 e. The van der Waals surface area contributed by atoms with Gasteiger partial charge in [0, 0.05) is 6.54 Å². The molecule has 1 aliphatic heterocycles. The zero-order valence-electron chi connectivity index (χ0n) is 11.6. The predicted molar refractivity (Wildman–Crippen MR) is 72.4 cm³/mol. The van der Waals surface area contributed by atoms with Crippen LogP contribution in [0.4, 0.5) is 0 Å². The van der Waals surface area contributed by atoms with Crippen LogP contribution in [0.1, 0.15) is 33.1 Å². The Morgan fingerprint density at radius 2 is 2.26 bits per heavy atom. The molecule has 19 heavy (non-hydrogen) atoms. The van der Waals surface area contributed by atoms with Crippen molar-refractivity contribution < 1.29 is 14.7 Å². The SMILES string of the molecule is C#CCNC(=O)C(C)N1CCC(CC)CC1C(=O)O. The molecule has 5 heteroatoms. The van der Waals surface area contributed by atoms with Crippen LogP contribution in [0.3, 0.4) is 0 Å². The second-order valence-corrected chi connectivity index (χ2v) is 4.99. The van der Waals surface area contributed by atoms with E-state index in [1.807, 2.05) is 0 Å². The lowest BCUT2D eigenvalue weighted by molar-refractivity contribution is -0.148. The lowest BCUT2D eigenvalue weighted by Crippen LogP contribution is -2.55. The maximum Gasteiger partial charge on any atom is 0.320 e. The van der Waals surface area contributed by atoms with Crippen LogP contribution in [0, 0.1) is 18.3 Å². The molecule has 1 saturated heterocycles. The van der Waals surface area contributed by atoms with Gasteiger partial charge in [-0.2, -0.15) is 0 Å². The van der Waals surface area contributed by atoms with Gasteiger partial charge in [-0.1, -0.05) is 19.3 Å². The van der Waals surface area contributed by atoms with Crippen molar-refractivity contribution in [2.45, 2.75) is 45.2 Å². The van der Waals surface area contributed by atoms with Gasteiger partial charge in [0.25, 0.3) is 0 Å². The topological polar surface area (TPSA) is 69.6 Å². The first kappa shape index (κ1) is 15.5. The van der Waals surface area contributed by atoms with E-state index in [9.17, 15) is 14.7 Å². The van der Waals surface area contributed by atoms with Gasteiger partial charge in [0.1, 0.15) is 6.04 Å². The minimum Gasteiger partial charge on any atom is -0.480 e. The van der Waals surface area contributed by atoms with Crippen molar-refractivity contribution in [2.75, 3.05) is 13.1 Å². The first-order valence-electron chi connectivity index (χ1n) is 6.71. The molecular formula is C14H22N2O3. The molecule has 2 N–H and O–H groups in total. The molecule has 1 fully saturated rings. The van der Waals surface area contributed by atoms with Crippen LogP contribution >= 0.6 is 0 Å². The number of aliphatic carboxylic acids is 1. The number of nitrogens with one attached hydrogen (secondary N) is 1. The Morgan fingerprint density at radius 1 is 1.58 bits per heavy atom. The summed E-state index contributed by atoms with van der Waals surface area (Å²) < 4.78 is 0. The highest BCUT2D eigenvalue weighted by atomic mass is 16.4. The van der Waals surface area contributed by atoms with Crippen LogP contribution < -0.4 is 5.32 Å². The molecule has 0 spiro atoms. The number of carbonyl (C=O) groups is 2. The van der Waals surface area contributed by atoms with Crippen molar-refractivity contribution >= 4 is 11.9 Å². The molecule has 1 heterocycles. The molecule has 106 valence electrons. The first-order valence-corrected chi connectivity index (χ1v) is 6.71. The van der Waals surface area contributed by atoms with Gasteiger partial charge in [-0.3, -0.25) is 14.5 Å². The predicted octanol–water partition coefficient (Wildman–Crippen LogP) is 0.700. The Labute approximate surface area is 114 Å². The highest BCUT2D eigenvalue weighted by Crippen LogP contribution is 2.27. The lowest BCUT2D eigenvalue weighted by Gasteiger charge is -2.39. The number of carbonyl (C=O) groups excluding carboxylic acids is 1. The quantitative estimate of drug-likeness (QED) is 0.719. The minimum atomic E-state index is -0.852. The van der Waals surface area contributed by atoms with E-state index in [1.165, 1.54) is 0 Å². The summed E-state index contributed by atoms with van der Waals surface area (Å²) in [6.07, 6.45) is 7.62. The third kappa shape index (κ3) is 3.97. The van der Waals surface area contributed by atoms with Gasteiger partial charge in [0.15, 0.2) is 0 Å². The van der Waals surface area contributed by atoms with Crippen LogP contribution in [0.25, 0.3) is 0 Å². The van der Waals surface area contributed by atoms with Crippen LogP contribution in [0.15, 0.2) is 0 Å². The van der Waals surface area contributed by atoms with E-state index in [0.717, 1.165) is 12.8 Å². The van der Waals surface area contributed by atoms with Crippen molar-refractivity contribution in [1.82, 2.24) is 10.2 Å². The fourth-order valence-electron chi connectivity index (χ4n) is 2.57. The lowest BCUT2D eigenvalue weighted by atomic mass is 9.88. The molecule has 1 amide bonds. The summed E-state index contributed by atoms with van der Waals surface area (Å²) in [4.78, 5) is 25.0. The summed E-state index contributed by atoms with van der Waals surface area (Å²) in [5, 5.41) is 11.9. The van der Waals surface area contributed by atoms with E-state index in [4.69, 9.17) is 6.42 Å². The minimum absolute atomic E-state index is 0.173. The Balaban J connectivity index is 2.71. The molecular weight excluding hydrogens is 244 g/mol. The van der Waals surface area contributed by atoms with E-state index in [0.29, 0.717) is 18.9 Å². The van der Waals surface area contributed by atoms with Crippen molar-refractivity contribution in [1.29, 1.82) is 0 Å². The molecule has 0 aromatic carbocycles. The van der Waals surface area contributed by atoms with Gasteiger partial charge in [0.05, 0.1) is 12.6 Å². The van der Waals surface area contributed by atoms with E-state index in [2.05, 4.69) is 18.2 Å². The van der Waals surface area contributed by atoms with Gasteiger partial charge in [-0.15, -0.1) is 6.42 Å². The number of nitrogens with zero attached hydrogens (tertiary/aromatic N) is 1.